The van der Waals surface area contributed by atoms with Gasteiger partial charge in [0.05, 0.1) is 9.82 Å². The molecule has 2 rings (SSSR count). The molecule has 0 aliphatic carbocycles. The number of benzene rings is 1. The largest absolute Gasteiger partial charge is 0.363 e. The van der Waals surface area contributed by atoms with Gasteiger partial charge in [0, 0.05) is 45.0 Å². The Morgan fingerprint density at radius 1 is 1.33 bits per heavy atom. The Bertz CT molecular complexity index is 743. The van der Waals surface area contributed by atoms with Crippen molar-refractivity contribution < 1.29 is 13.3 Å². The standard InChI is InChI=1S/C14H20N4O4S2/c1-3-15-14(23)17-8-6-16(7-9-17)12-5-4-11(24(2,21)22)10-13(12)18(19)20/h4-5,10H,3,6-9H2,1-2H3,(H,15,23). The lowest BCUT2D eigenvalue weighted by Gasteiger charge is -2.37. The number of hydrogen-bond acceptors (Lipinski definition) is 6. The Hall–Kier alpha value is -1.94. The second kappa shape index (κ2) is 7.31. The first-order chi connectivity index (χ1) is 11.2. The molecule has 10 heteroatoms. The number of nitrogens with one attached hydrogen (secondary N) is 1. The molecule has 0 aromatic heterocycles. The summed E-state index contributed by atoms with van der Waals surface area (Å²) in [7, 11) is -3.49. The van der Waals surface area contributed by atoms with Crippen LogP contribution in [0.15, 0.2) is 23.1 Å². The quantitative estimate of drug-likeness (QED) is 0.475. The van der Waals surface area contributed by atoms with Crippen LogP contribution in [0.4, 0.5) is 11.4 Å². The second-order valence-electron chi connectivity index (χ2n) is 5.49. The van der Waals surface area contributed by atoms with Gasteiger partial charge in [0.15, 0.2) is 14.9 Å². The van der Waals surface area contributed by atoms with Crippen molar-refractivity contribution in [2.24, 2.45) is 0 Å². The van der Waals surface area contributed by atoms with Crippen molar-refractivity contribution in [3.63, 3.8) is 0 Å². The molecule has 24 heavy (non-hydrogen) atoms. The van der Waals surface area contributed by atoms with Crippen LogP contribution in [0.25, 0.3) is 0 Å². The summed E-state index contributed by atoms with van der Waals surface area (Å²) in [5.74, 6) is 0. The molecule has 1 aliphatic heterocycles. The summed E-state index contributed by atoms with van der Waals surface area (Å²) >= 11 is 5.28. The third kappa shape index (κ3) is 4.12. The first kappa shape index (κ1) is 18.4. The summed E-state index contributed by atoms with van der Waals surface area (Å²) in [6.45, 7) is 5.16. The van der Waals surface area contributed by atoms with Gasteiger partial charge in [-0.2, -0.15) is 0 Å². The van der Waals surface area contributed by atoms with Crippen molar-refractivity contribution in [3.8, 4) is 0 Å². The van der Waals surface area contributed by atoms with Gasteiger partial charge in [-0.05, 0) is 31.3 Å². The molecule has 1 aromatic rings. The molecule has 1 aromatic carbocycles. The highest BCUT2D eigenvalue weighted by Gasteiger charge is 2.26. The lowest BCUT2D eigenvalue weighted by Crippen LogP contribution is -2.51. The zero-order chi connectivity index (χ0) is 17.9. The molecule has 0 spiro atoms. The van der Waals surface area contributed by atoms with Crippen molar-refractivity contribution in [1.29, 1.82) is 0 Å². The third-order valence-electron chi connectivity index (χ3n) is 3.81. The van der Waals surface area contributed by atoms with E-state index in [4.69, 9.17) is 12.2 Å². The molecule has 132 valence electrons. The average Bonchev–Trinajstić information content (AvgIpc) is 2.53. The Morgan fingerprint density at radius 2 is 1.96 bits per heavy atom. The molecule has 0 bridgehead atoms. The molecule has 1 heterocycles. The number of sulfone groups is 1. The summed E-state index contributed by atoms with van der Waals surface area (Å²) in [5.41, 5.74) is 0.238. The van der Waals surface area contributed by atoms with Crippen LogP contribution >= 0.6 is 12.2 Å². The van der Waals surface area contributed by atoms with Crippen molar-refractivity contribution in [1.82, 2.24) is 10.2 Å². The van der Waals surface area contributed by atoms with Crippen LogP contribution in [0.5, 0.6) is 0 Å². The number of hydrogen-bond donors (Lipinski definition) is 1. The molecule has 8 nitrogen and oxygen atoms in total. The molecule has 0 atom stereocenters. The normalized spacial score (nSPS) is 15.2. The van der Waals surface area contributed by atoms with E-state index >= 15 is 0 Å². The van der Waals surface area contributed by atoms with Gasteiger partial charge >= 0.3 is 0 Å². The molecule has 1 saturated heterocycles. The van der Waals surface area contributed by atoms with Gasteiger partial charge in [0.25, 0.3) is 5.69 Å². The first-order valence-corrected chi connectivity index (χ1v) is 9.80. The molecule has 1 N–H and O–H groups in total. The molecular formula is C14H20N4O4S2. The Kier molecular flexibility index (Phi) is 5.60. The van der Waals surface area contributed by atoms with E-state index in [0.29, 0.717) is 37.0 Å². The molecular weight excluding hydrogens is 352 g/mol. The van der Waals surface area contributed by atoms with E-state index in [2.05, 4.69) is 5.32 Å². The van der Waals surface area contributed by atoms with Gasteiger partial charge in [0.2, 0.25) is 0 Å². The number of nitrogens with zero attached hydrogens (tertiary/aromatic N) is 3. The highest BCUT2D eigenvalue weighted by Crippen LogP contribution is 2.31. The molecule has 0 amide bonds. The van der Waals surface area contributed by atoms with Crippen LogP contribution in [0.1, 0.15) is 6.92 Å². The van der Waals surface area contributed by atoms with Crippen molar-refractivity contribution >= 4 is 38.5 Å². The summed E-state index contributed by atoms with van der Waals surface area (Å²) in [5, 5.41) is 15.1. The fourth-order valence-corrected chi connectivity index (χ4v) is 3.53. The predicted molar refractivity (Wildman–Crippen MR) is 96.3 cm³/mol. The second-order valence-corrected chi connectivity index (χ2v) is 7.89. The van der Waals surface area contributed by atoms with Crippen molar-refractivity contribution in [2.45, 2.75) is 11.8 Å². The topological polar surface area (TPSA) is 95.8 Å². The zero-order valence-corrected chi connectivity index (χ0v) is 15.2. The maximum atomic E-state index is 11.6. The third-order valence-corrected chi connectivity index (χ3v) is 5.32. The van der Waals surface area contributed by atoms with Crippen LogP contribution < -0.4 is 10.2 Å². The van der Waals surface area contributed by atoms with E-state index in [1.807, 2.05) is 16.7 Å². The molecule has 1 fully saturated rings. The number of piperazine rings is 1. The minimum Gasteiger partial charge on any atom is -0.363 e. The monoisotopic (exact) mass is 372 g/mol. The minimum absolute atomic E-state index is 0.0510. The number of nitro groups is 1. The first-order valence-electron chi connectivity index (χ1n) is 7.50. The van der Waals surface area contributed by atoms with Crippen LogP contribution in [-0.4, -0.2) is 62.3 Å². The van der Waals surface area contributed by atoms with Crippen LogP contribution in [0.2, 0.25) is 0 Å². The molecule has 0 saturated carbocycles. The van der Waals surface area contributed by atoms with Gasteiger partial charge in [-0.3, -0.25) is 10.1 Å². The average molecular weight is 372 g/mol. The van der Waals surface area contributed by atoms with E-state index in [1.54, 1.807) is 0 Å². The van der Waals surface area contributed by atoms with Gasteiger partial charge in [-0.15, -0.1) is 0 Å². The molecule has 1 aliphatic rings. The highest BCUT2D eigenvalue weighted by molar-refractivity contribution is 7.90. The molecule has 0 radical (unpaired) electrons. The van der Waals surface area contributed by atoms with E-state index in [-0.39, 0.29) is 10.6 Å². The van der Waals surface area contributed by atoms with Crippen LogP contribution in [-0.2, 0) is 9.84 Å². The zero-order valence-electron chi connectivity index (χ0n) is 13.6. The van der Waals surface area contributed by atoms with Gasteiger partial charge in [-0.25, -0.2) is 8.42 Å². The van der Waals surface area contributed by atoms with E-state index in [0.717, 1.165) is 18.9 Å². The lowest BCUT2D eigenvalue weighted by atomic mass is 10.2. The van der Waals surface area contributed by atoms with Gasteiger partial charge in [-0.1, -0.05) is 0 Å². The lowest BCUT2D eigenvalue weighted by molar-refractivity contribution is -0.384. The van der Waals surface area contributed by atoms with E-state index < -0.39 is 14.8 Å². The fraction of sp³-hybridized carbons (Fsp3) is 0.500. The smallest absolute Gasteiger partial charge is 0.293 e. The van der Waals surface area contributed by atoms with Crippen molar-refractivity contribution in [2.75, 3.05) is 43.9 Å². The van der Waals surface area contributed by atoms with Crippen LogP contribution in [0, 0.1) is 10.1 Å². The number of anilines is 1. The number of nitro benzene ring substituents is 1. The summed E-state index contributed by atoms with van der Waals surface area (Å²) in [6, 6.07) is 4.04. The number of thiocarbonyl (C=S) groups is 1. The highest BCUT2D eigenvalue weighted by atomic mass is 32.2. The predicted octanol–water partition coefficient (Wildman–Crippen LogP) is 1.01. The summed E-state index contributed by atoms with van der Waals surface area (Å²) in [4.78, 5) is 14.7. The van der Waals surface area contributed by atoms with Crippen molar-refractivity contribution in [3.05, 3.63) is 28.3 Å². The van der Waals surface area contributed by atoms with Gasteiger partial charge < -0.3 is 15.1 Å². The fourth-order valence-electron chi connectivity index (χ4n) is 2.56. The maximum Gasteiger partial charge on any atom is 0.293 e. The van der Waals surface area contributed by atoms with Gasteiger partial charge in [0.1, 0.15) is 5.69 Å². The maximum absolute atomic E-state index is 11.6. The molecule has 0 unspecified atom stereocenters. The minimum atomic E-state index is -3.49. The summed E-state index contributed by atoms with van der Waals surface area (Å²) < 4.78 is 23.2. The SMILES string of the molecule is CCNC(=S)N1CCN(c2ccc(S(C)(=O)=O)cc2[N+](=O)[O-])CC1. The Morgan fingerprint density at radius 3 is 2.46 bits per heavy atom. The van der Waals surface area contributed by atoms with E-state index in [9.17, 15) is 18.5 Å². The van der Waals surface area contributed by atoms with E-state index in [1.165, 1.54) is 12.1 Å². The number of rotatable bonds is 4. The summed E-state index contributed by atoms with van der Waals surface area (Å²) in [6.07, 6.45) is 1.03. The Balaban J connectivity index is 2.21. The Labute approximate surface area is 146 Å². The van der Waals surface area contributed by atoms with Crippen LogP contribution in [0.3, 0.4) is 0 Å².